The Morgan fingerprint density at radius 3 is 3.12 bits per heavy atom. The number of ether oxygens (including phenoxy) is 2. The summed E-state index contributed by atoms with van der Waals surface area (Å²) in [6.45, 7) is 3.26. The van der Waals surface area contributed by atoms with E-state index >= 15 is 0 Å². The van der Waals surface area contributed by atoms with Gasteiger partial charge in [-0.2, -0.15) is 0 Å². The van der Waals surface area contributed by atoms with E-state index in [9.17, 15) is 4.79 Å². The first-order valence-corrected chi connectivity index (χ1v) is 8.97. The second kappa shape index (κ2) is 6.41. The molecule has 0 aliphatic carbocycles. The topological polar surface area (TPSA) is 72.5 Å². The van der Waals surface area contributed by atoms with Crippen LogP contribution in [-0.2, 0) is 4.79 Å². The fourth-order valence-corrected chi connectivity index (χ4v) is 3.82. The average molecular weight is 345 g/mol. The number of aromatic nitrogens is 1. The first-order valence-electron chi connectivity index (χ1n) is 8.09. The number of carbonyl (C=O) groups is 1. The number of benzene rings is 1. The Balaban J connectivity index is 1.46. The van der Waals surface area contributed by atoms with E-state index in [2.05, 4.69) is 22.5 Å². The zero-order valence-corrected chi connectivity index (χ0v) is 14.2. The molecule has 1 aromatic heterocycles. The molecule has 2 aliphatic rings. The lowest BCUT2D eigenvalue weighted by Gasteiger charge is -2.26. The first kappa shape index (κ1) is 15.4. The minimum Gasteiger partial charge on any atom is -0.454 e. The highest BCUT2D eigenvalue weighted by Crippen LogP contribution is 2.36. The van der Waals surface area contributed by atoms with Crippen molar-refractivity contribution in [1.82, 2.24) is 10.3 Å². The van der Waals surface area contributed by atoms with Crippen LogP contribution >= 0.6 is 11.3 Å². The summed E-state index contributed by atoms with van der Waals surface area (Å²) in [7, 11) is 0. The van der Waals surface area contributed by atoms with Crippen molar-refractivity contribution in [2.24, 2.45) is 5.92 Å². The molecule has 126 valence electrons. The van der Waals surface area contributed by atoms with Crippen LogP contribution in [0.4, 0.5) is 5.13 Å². The molecule has 7 heteroatoms. The largest absolute Gasteiger partial charge is 0.454 e. The molecule has 2 N–H and O–H groups in total. The number of anilines is 1. The molecule has 2 aliphatic heterocycles. The monoisotopic (exact) mass is 345 g/mol. The van der Waals surface area contributed by atoms with Crippen molar-refractivity contribution in [1.29, 1.82) is 0 Å². The summed E-state index contributed by atoms with van der Waals surface area (Å²) in [4.78, 5) is 16.9. The van der Waals surface area contributed by atoms with Crippen molar-refractivity contribution in [3.63, 3.8) is 0 Å². The van der Waals surface area contributed by atoms with Crippen molar-refractivity contribution in [3.8, 4) is 22.8 Å². The second-order valence-electron chi connectivity index (χ2n) is 6.17. The molecule has 0 saturated carbocycles. The van der Waals surface area contributed by atoms with Gasteiger partial charge in [0.15, 0.2) is 16.6 Å². The van der Waals surface area contributed by atoms with Gasteiger partial charge in [0.25, 0.3) is 0 Å². The number of nitrogens with zero attached hydrogens (tertiary/aromatic N) is 1. The summed E-state index contributed by atoms with van der Waals surface area (Å²) in [6, 6.07) is 6.13. The Morgan fingerprint density at radius 1 is 1.38 bits per heavy atom. The minimum absolute atomic E-state index is 0.0548. The molecule has 0 radical (unpaired) electrons. The summed E-state index contributed by atoms with van der Waals surface area (Å²) in [5, 5.41) is 8.90. The molecule has 1 amide bonds. The van der Waals surface area contributed by atoms with Gasteiger partial charge in [0.2, 0.25) is 12.7 Å². The van der Waals surface area contributed by atoms with Gasteiger partial charge in [-0.1, -0.05) is 0 Å². The van der Waals surface area contributed by atoms with E-state index in [0.29, 0.717) is 11.2 Å². The van der Waals surface area contributed by atoms with E-state index < -0.39 is 0 Å². The van der Waals surface area contributed by atoms with Crippen molar-refractivity contribution in [2.45, 2.75) is 25.8 Å². The first-order chi connectivity index (χ1) is 11.7. The van der Waals surface area contributed by atoms with Crippen LogP contribution in [0.1, 0.15) is 19.8 Å². The molecule has 1 saturated heterocycles. The van der Waals surface area contributed by atoms with E-state index in [-0.39, 0.29) is 18.6 Å². The molecule has 0 bridgehead atoms. The van der Waals surface area contributed by atoms with E-state index in [1.165, 1.54) is 11.3 Å². The number of amides is 1. The molecule has 1 aromatic carbocycles. The number of thiazole rings is 1. The van der Waals surface area contributed by atoms with Gasteiger partial charge < -0.3 is 20.1 Å². The van der Waals surface area contributed by atoms with Crippen LogP contribution < -0.4 is 20.1 Å². The lowest BCUT2D eigenvalue weighted by Crippen LogP contribution is -2.40. The normalized spacial score (nSPS) is 22.4. The fourth-order valence-electron chi connectivity index (χ4n) is 3.10. The number of piperidine rings is 1. The van der Waals surface area contributed by atoms with Crippen molar-refractivity contribution in [2.75, 3.05) is 18.7 Å². The SMILES string of the molecule is C[C@H]1C[C@@H](C(=O)Nc2nc(-c3ccc4c(c3)OCO4)cs2)CCN1. The molecule has 2 aromatic rings. The smallest absolute Gasteiger partial charge is 0.231 e. The summed E-state index contributed by atoms with van der Waals surface area (Å²) < 4.78 is 10.7. The number of carbonyl (C=O) groups excluding carboxylic acids is 1. The molecule has 0 spiro atoms. The molecule has 2 atom stereocenters. The van der Waals surface area contributed by atoms with Gasteiger partial charge >= 0.3 is 0 Å². The van der Waals surface area contributed by atoms with Gasteiger partial charge in [-0.3, -0.25) is 4.79 Å². The summed E-state index contributed by atoms with van der Waals surface area (Å²) >= 11 is 1.44. The number of hydrogen-bond donors (Lipinski definition) is 2. The van der Waals surface area contributed by atoms with E-state index in [1.54, 1.807) is 0 Å². The molecular formula is C17H19N3O3S. The zero-order valence-electron chi connectivity index (χ0n) is 13.4. The number of rotatable bonds is 3. The van der Waals surface area contributed by atoms with Gasteiger partial charge in [0.1, 0.15) is 0 Å². The zero-order chi connectivity index (χ0) is 16.5. The maximum atomic E-state index is 12.4. The molecule has 4 rings (SSSR count). The van der Waals surface area contributed by atoms with Gasteiger partial charge in [-0.05, 0) is 44.5 Å². The van der Waals surface area contributed by atoms with Gasteiger partial charge in [-0.15, -0.1) is 11.3 Å². The van der Waals surface area contributed by atoms with Crippen molar-refractivity contribution in [3.05, 3.63) is 23.6 Å². The highest BCUT2D eigenvalue weighted by molar-refractivity contribution is 7.14. The molecule has 6 nitrogen and oxygen atoms in total. The summed E-state index contributed by atoms with van der Waals surface area (Å²) in [6.07, 6.45) is 1.74. The predicted octanol–water partition coefficient (Wildman–Crippen LogP) is 2.87. The molecule has 0 unspecified atom stereocenters. The second-order valence-corrected chi connectivity index (χ2v) is 7.03. The van der Waals surface area contributed by atoms with Crippen LogP contribution in [0.25, 0.3) is 11.3 Å². The third-order valence-electron chi connectivity index (χ3n) is 4.40. The maximum absolute atomic E-state index is 12.4. The Morgan fingerprint density at radius 2 is 2.25 bits per heavy atom. The highest BCUT2D eigenvalue weighted by atomic mass is 32.1. The molecule has 24 heavy (non-hydrogen) atoms. The van der Waals surface area contributed by atoms with Crippen LogP contribution in [0, 0.1) is 5.92 Å². The fraction of sp³-hybridized carbons (Fsp3) is 0.412. The van der Waals surface area contributed by atoms with Crippen LogP contribution in [0.5, 0.6) is 11.5 Å². The Bertz CT molecular complexity index is 761. The lowest BCUT2D eigenvalue weighted by molar-refractivity contribution is -0.120. The average Bonchev–Trinajstić information content (AvgIpc) is 3.23. The van der Waals surface area contributed by atoms with Crippen LogP contribution in [0.15, 0.2) is 23.6 Å². The molecule has 1 fully saturated rings. The van der Waals surface area contributed by atoms with Gasteiger partial charge in [-0.25, -0.2) is 4.98 Å². The van der Waals surface area contributed by atoms with Crippen LogP contribution in [0.3, 0.4) is 0 Å². The number of hydrogen-bond acceptors (Lipinski definition) is 6. The quantitative estimate of drug-likeness (QED) is 0.895. The Kier molecular flexibility index (Phi) is 4.12. The minimum atomic E-state index is 0.0548. The Hall–Kier alpha value is -2.12. The van der Waals surface area contributed by atoms with Crippen molar-refractivity contribution >= 4 is 22.4 Å². The third-order valence-corrected chi connectivity index (χ3v) is 5.15. The highest BCUT2D eigenvalue weighted by Gasteiger charge is 2.25. The standard InChI is InChI=1S/C17H19N3O3S/c1-10-6-12(4-5-18-10)16(21)20-17-19-13(8-24-17)11-2-3-14-15(7-11)23-9-22-14/h2-3,7-8,10,12,18H,4-6,9H2,1H3,(H,19,20,21)/t10-,12-/m0/s1. The van der Waals surface area contributed by atoms with Gasteiger partial charge in [0.05, 0.1) is 5.69 Å². The van der Waals surface area contributed by atoms with Crippen LogP contribution in [0.2, 0.25) is 0 Å². The van der Waals surface area contributed by atoms with E-state index in [4.69, 9.17) is 9.47 Å². The maximum Gasteiger partial charge on any atom is 0.231 e. The summed E-state index contributed by atoms with van der Waals surface area (Å²) in [5.74, 6) is 1.60. The van der Waals surface area contributed by atoms with Crippen LogP contribution in [-0.4, -0.2) is 30.3 Å². The van der Waals surface area contributed by atoms with Gasteiger partial charge in [0, 0.05) is 22.9 Å². The molecular weight excluding hydrogens is 326 g/mol. The Labute approximate surface area is 144 Å². The number of nitrogens with one attached hydrogen (secondary N) is 2. The van der Waals surface area contributed by atoms with E-state index in [1.807, 2.05) is 23.6 Å². The summed E-state index contributed by atoms with van der Waals surface area (Å²) in [5.41, 5.74) is 1.78. The van der Waals surface area contributed by atoms with E-state index in [0.717, 1.165) is 42.1 Å². The molecule has 3 heterocycles. The lowest BCUT2D eigenvalue weighted by atomic mass is 9.92. The predicted molar refractivity (Wildman–Crippen MR) is 92.5 cm³/mol. The number of fused-ring (bicyclic) bond motifs is 1. The third kappa shape index (κ3) is 3.09. The van der Waals surface area contributed by atoms with Crippen molar-refractivity contribution < 1.29 is 14.3 Å².